The van der Waals surface area contributed by atoms with E-state index >= 15 is 0 Å². The Morgan fingerprint density at radius 1 is 0.126 bits per heavy atom. The van der Waals surface area contributed by atoms with Crippen LogP contribution in [0.1, 0.15) is 0 Å². The average molecular weight is 1740 g/mol. The SMILES string of the molecule is O=c1c2ccccc2oc2cc(-c3ccc(-c4ccc(-c5nc(-c6ccccc6)nc(-c6ccccc6)n5)cc4)cc3)ccc12.O=c1c2ccccc2oc2cc(-c3ccc(-c4cccc(-c5nc(-c6ccccc6)nc(-c6ccccc6)n5)c4)cc3)ccc12.O=c1c2ccccc2oc2ccc(-c3ccccc3-c3ccccc3-c3nc(-c4ccccc4)nc(-c4ccccc4)n3)cc12. The molecule has 0 atom stereocenters. The standard InChI is InChI=1S/3C40H25N3O2/c44-37-33-21-11-12-22-35(33)45-36-24-23-28(25-34(36)37)29-17-7-8-18-30(29)31-19-9-10-20-32(31)40-42-38(26-13-3-1-4-14-26)41-39(43-40)27-15-5-2-6-16-27;44-37-33-16-7-8-17-35(33)45-36-25-31(22-23-34(36)37)27-20-18-26(19-21-27)30-14-9-15-32(24-30)40-42-38(28-10-3-1-4-11-28)41-39(43-40)29-12-5-2-6-13-29;44-37-33-13-7-8-14-35(33)45-36-25-32(23-24-34(36)37)28-17-15-26(16-18-28)27-19-21-31(22-20-27)40-42-38(29-9-3-1-4-10-29)41-39(43-40)30-11-5-2-6-12-30/h3*1-25H. The van der Waals surface area contributed by atoms with Gasteiger partial charge in [-0.3, -0.25) is 14.4 Å². The van der Waals surface area contributed by atoms with Crippen LogP contribution in [0.3, 0.4) is 0 Å². The Morgan fingerprint density at radius 3 is 0.719 bits per heavy atom. The Bertz CT molecular complexity index is 8610. The minimum atomic E-state index is -0.0429. The first-order valence-corrected chi connectivity index (χ1v) is 44.2. The van der Waals surface area contributed by atoms with Crippen molar-refractivity contribution in [2.24, 2.45) is 0 Å². The maximum Gasteiger partial charge on any atom is 0.200 e. The predicted octanol–water partition coefficient (Wildman–Crippen LogP) is 28.4. The van der Waals surface area contributed by atoms with Crippen LogP contribution in [-0.4, -0.2) is 44.9 Å². The van der Waals surface area contributed by atoms with E-state index in [0.29, 0.717) is 118 Å². The minimum Gasteiger partial charge on any atom is -0.456 e. The molecule has 18 aromatic carbocycles. The molecule has 135 heavy (non-hydrogen) atoms. The Hall–Kier alpha value is -18.6. The molecule has 24 rings (SSSR count). The van der Waals surface area contributed by atoms with Crippen LogP contribution in [-0.2, 0) is 0 Å². The molecule has 6 heterocycles. The molecule has 0 saturated heterocycles. The molecule has 0 aliphatic carbocycles. The normalized spacial score (nSPS) is 11.2. The molecule has 24 aromatic rings. The van der Waals surface area contributed by atoms with E-state index in [1.807, 2.05) is 334 Å². The van der Waals surface area contributed by atoms with E-state index in [9.17, 15) is 14.4 Å². The van der Waals surface area contributed by atoms with Crippen molar-refractivity contribution in [3.05, 3.63) is 486 Å². The minimum absolute atomic E-state index is 0.0121. The second kappa shape index (κ2) is 36.5. The van der Waals surface area contributed by atoms with Crippen molar-refractivity contribution < 1.29 is 13.3 Å². The molecule has 0 N–H and O–H groups in total. The molecule has 15 heteroatoms. The quantitative estimate of drug-likeness (QED) is 0.0875. The molecular formula is C120H75N9O6. The lowest BCUT2D eigenvalue weighted by Gasteiger charge is -2.15. The molecule has 0 radical (unpaired) electrons. The highest BCUT2D eigenvalue weighted by Crippen LogP contribution is 2.41. The molecule has 0 unspecified atom stereocenters. The summed E-state index contributed by atoms with van der Waals surface area (Å²) in [6, 6.07) is 149. The van der Waals surface area contributed by atoms with Crippen LogP contribution < -0.4 is 16.3 Å². The maximum absolute atomic E-state index is 13.5. The van der Waals surface area contributed by atoms with Crippen LogP contribution in [0.15, 0.2) is 483 Å². The molecule has 0 aliphatic rings. The second-order valence-electron chi connectivity index (χ2n) is 32.4. The lowest BCUT2D eigenvalue weighted by atomic mass is 9.91. The fourth-order valence-electron chi connectivity index (χ4n) is 17.0. The Morgan fingerprint density at radius 2 is 0.348 bits per heavy atom. The van der Waals surface area contributed by atoms with Crippen molar-refractivity contribution in [1.82, 2.24) is 44.9 Å². The average Bonchev–Trinajstić information content (AvgIpc) is 0.797. The van der Waals surface area contributed by atoms with Crippen LogP contribution in [0.4, 0.5) is 0 Å². The zero-order chi connectivity index (χ0) is 90.5. The number of hydrogen-bond donors (Lipinski definition) is 0. The zero-order valence-corrected chi connectivity index (χ0v) is 72.3. The van der Waals surface area contributed by atoms with Crippen molar-refractivity contribution >= 4 is 65.8 Å². The van der Waals surface area contributed by atoms with E-state index in [-0.39, 0.29) is 16.3 Å². The number of para-hydroxylation sites is 3. The van der Waals surface area contributed by atoms with Gasteiger partial charge < -0.3 is 13.3 Å². The van der Waals surface area contributed by atoms with Gasteiger partial charge >= 0.3 is 0 Å². The summed E-state index contributed by atoms with van der Waals surface area (Å²) in [5.74, 6) is 5.58. The Labute approximate surface area is 773 Å². The van der Waals surface area contributed by atoms with Crippen molar-refractivity contribution in [2.45, 2.75) is 0 Å². The number of rotatable bonds is 15. The van der Waals surface area contributed by atoms with Crippen LogP contribution in [0.2, 0.25) is 0 Å². The van der Waals surface area contributed by atoms with Gasteiger partial charge in [-0.05, 0) is 146 Å². The Balaban J connectivity index is 0.000000118. The van der Waals surface area contributed by atoms with Crippen molar-refractivity contribution in [2.75, 3.05) is 0 Å². The first-order chi connectivity index (χ1) is 66.6. The van der Waals surface area contributed by atoms with E-state index < -0.39 is 0 Å². The van der Waals surface area contributed by atoms with Gasteiger partial charge in [0.15, 0.2) is 52.4 Å². The monoisotopic (exact) mass is 1740 g/mol. The third kappa shape index (κ3) is 17.0. The third-order valence-electron chi connectivity index (χ3n) is 23.9. The fraction of sp³-hybridized carbons (Fsp3) is 0. The van der Waals surface area contributed by atoms with Gasteiger partial charge in [-0.25, -0.2) is 44.9 Å². The van der Waals surface area contributed by atoms with E-state index in [1.54, 1.807) is 18.2 Å². The predicted molar refractivity (Wildman–Crippen MR) is 542 cm³/mol. The van der Waals surface area contributed by atoms with Gasteiger partial charge in [-0.2, -0.15) is 0 Å². The third-order valence-corrected chi connectivity index (χ3v) is 23.9. The summed E-state index contributed by atoms with van der Waals surface area (Å²) in [6.07, 6.45) is 0. The first kappa shape index (κ1) is 82.1. The molecule has 0 amide bonds. The first-order valence-electron chi connectivity index (χ1n) is 44.2. The molecule has 0 bridgehead atoms. The highest BCUT2D eigenvalue weighted by atomic mass is 16.3. The van der Waals surface area contributed by atoms with E-state index in [1.165, 1.54) is 0 Å². The van der Waals surface area contributed by atoms with Crippen LogP contribution >= 0.6 is 0 Å². The van der Waals surface area contributed by atoms with Crippen LogP contribution in [0, 0.1) is 0 Å². The van der Waals surface area contributed by atoms with E-state index in [2.05, 4.69) is 103 Å². The lowest BCUT2D eigenvalue weighted by molar-refractivity contribution is 0.659. The van der Waals surface area contributed by atoms with Gasteiger partial charge in [0.1, 0.15) is 33.5 Å². The molecule has 0 saturated carbocycles. The Kier molecular flexibility index (Phi) is 22.2. The van der Waals surface area contributed by atoms with Gasteiger partial charge in [0.2, 0.25) is 16.3 Å². The summed E-state index contributed by atoms with van der Waals surface area (Å²) in [5, 5.41) is 3.46. The second-order valence-corrected chi connectivity index (χ2v) is 32.4. The summed E-state index contributed by atoms with van der Waals surface area (Å²) in [7, 11) is 0. The van der Waals surface area contributed by atoms with Gasteiger partial charge in [-0.1, -0.05) is 376 Å². The number of nitrogens with zero attached hydrogens (tertiary/aromatic N) is 9. The lowest BCUT2D eigenvalue weighted by Crippen LogP contribution is -2.02. The van der Waals surface area contributed by atoms with E-state index in [4.69, 9.17) is 58.1 Å². The smallest absolute Gasteiger partial charge is 0.200 e. The summed E-state index contributed by atoms with van der Waals surface area (Å²) in [5.41, 5.74) is 23.9. The van der Waals surface area contributed by atoms with Gasteiger partial charge in [0.25, 0.3) is 0 Å². The summed E-state index contributed by atoms with van der Waals surface area (Å²) in [6.45, 7) is 0. The number of hydrogen-bond acceptors (Lipinski definition) is 15. The van der Waals surface area contributed by atoms with Crippen molar-refractivity contribution in [3.8, 4) is 169 Å². The highest BCUT2D eigenvalue weighted by molar-refractivity contribution is 5.98. The molecule has 0 fully saturated rings. The largest absolute Gasteiger partial charge is 0.456 e. The van der Waals surface area contributed by atoms with E-state index in [0.717, 1.165) is 117 Å². The van der Waals surface area contributed by atoms with Crippen molar-refractivity contribution in [1.29, 1.82) is 0 Å². The molecular weight excluding hydrogens is 1660 g/mol. The highest BCUT2D eigenvalue weighted by Gasteiger charge is 2.22. The summed E-state index contributed by atoms with van der Waals surface area (Å²) < 4.78 is 18.3. The zero-order valence-electron chi connectivity index (χ0n) is 72.3. The van der Waals surface area contributed by atoms with Crippen LogP contribution in [0.25, 0.3) is 235 Å². The summed E-state index contributed by atoms with van der Waals surface area (Å²) >= 11 is 0. The number of benzene rings is 18. The van der Waals surface area contributed by atoms with Crippen molar-refractivity contribution in [3.63, 3.8) is 0 Å². The molecule has 0 spiro atoms. The van der Waals surface area contributed by atoms with Gasteiger partial charge in [0, 0.05) is 50.1 Å². The van der Waals surface area contributed by atoms with Gasteiger partial charge in [0.05, 0.1) is 32.3 Å². The maximum atomic E-state index is 13.5. The molecule has 0 aliphatic heterocycles. The molecule has 6 aromatic heterocycles. The number of aromatic nitrogens is 9. The topological polar surface area (TPSA) is 207 Å². The molecule has 636 valence electrons. The molecule has 15 nitrogen and oxygen atoms in total. The number of fused-ring (bicyclic) bond motifs is 6. The van der Waals surface area contributed by atoms with Crippen LogP contribution in [0.5, 0.6) is 0 Å². The van der Waals surface area contributed by atoms with Gasteiger partial charge in [-0.15, -0.1) is 0 Å². The summed E-state index contributed by atoms with van der Waals surface area (Å²) in [4.78, 5) is 83.3. The fourth-order valence-corrected chi connectivity index (χ4v) is 17.0.